The fourth-order valence-corrected chi connectivity index (χ4v) is 4.38. The van der Waals surface area contributed by atoms with Crippen molar-refractivity contribution >= 4 is 44.5 Å². The number of hydrogen-bond donors (Lipinski definition) is 2. The maximum absolute atomic E-state index is 12.2. The molecular weight excluding hydrogens is 368 g/mol. The minimum Gasteiger partial charge on any atom is -0.380 e. The minimum atomic E-state index is -3.67. The molecule has 0 aromatic carbocycles. The number of anilines is 2. The van der Waals surface area contributed by atoms with Gasteiger partial charge in [0.1, 0.15) is 10.0 Å². The molecule has 0 aliphatic heterocycles. The molecule has 0 bridgehead atoms. The van der Waals surface area contributed by atoms with Crippen LogP contribution in [0.25, 0.3) is 0 Å². The lowest BCUT2D eigenvalue weighted by Crippen LogP contribution is -2.12. The number of pyridine rings is 2. The van der Waals surface area contributed by atoms with Crippen molar-refractivity contribution in [2.24, 2.45) is 0 Å². The number of nitrogens with one attached hydrogen (secondary N) is 2. The molecule has 124 valence electrons. The van der Waals surface area contributed by atoms with Gasteiger partial charge in [-0.05, 0) is 42.0 Å². The summed E-state index contributed by atoms with van der Waals surface area (Å²) in [5, 5.41) is 3.20. The van der Waals surface area contributed by atoms with Gasteiger partial charge in [0.05, 0.1) is 16.2 Å². The van der Waals surface area contributed by atoms with Gasteiger partial charge in [0.15, 0.2) is 0 Å². The highest BCUT2D eigenvalue weighted by molar-refractivity contribution is 7.94. The van der Waals surface area contributed by atoms with Crippen molar-refractivity contribution in [1.82, 2.24) is 9.97 Å². The lowest BCUT2D eigenvalue weighted by atomic mass is 10.2. The largest absolute Gasteiger partial charge is 0.380 e. The topological polar surface area (TPSA) is 84.0 Å². The second kappa shape index (κ2) is 7.16. The van der Waals surface area contributed by atoms with Gasteiger partial charge in [-0.25, -0.2) is 13.4 Å². The molecule has 0 radical (unpaired) electrons. The zero-order valence-electron chi connectivity index (χ0n) is 12.3. The Hall–Kier alpha value is -2.16. The average molecular weight is 381 g/mol. The summed E-state index contributed by atoms with van der Waals surface area (Å²) in [6.07, 6.45) is 5.02. The summed E-state index contributed by atoms with van der Waals surface area (Å²) in [4.78, 5) is 8.07. The van der Waals surface area contributed by atoms with E-state index in [0.717, 1.165) is 22.6 Å². The summed E-state index contributed by atoms with van der Waals surface area (Å²) < 4.78 is 27.4. The highest BCUT2D eigenvalue weighted by Gasteiger charge is 2.17. The summed E-state index contributed by atoms with van der Waals surface area (Å²) in [5.41, 5.74) is 1.87. The number of sulfonamides is 1. The van der Waals surface area contributed by atoms with Crippen molar-refractivity contribution in [3.05, 3.63) is 64.9 Å². The Morgan fingerprint density at radius 1 is 1.08 bits per heavy atom. The molecule has 3 heterocycles. The third-order valence-corrected chi connectivity index (χ3v) is 6.14. The van der Waals surface area contributed by atoms with Crippen molar-refractivity contribution in [1.29, 1.82) is 0 Å². The highest BCUT2D eigenvalue weighted by Crippen LogP contribution is 2.27. The van der Waals surface area contributed by atoms with E-state index in [2.05, 4.69) is 20.0 Å². The van der Waals surface area contributed by atoms with Crippen LogP contribution in [0.4, 0.5) is 11.5 Å². The Balaban J connectivity index is 1.64. The summed E-state index contributed by atoms with van der Waals surface area (Å²) in [6, 6.07) is 10.2. The van der Waals surface area contributed by atoms with Crippen LogP contribution in [-0.2, 0) is 16.6 Å². The zero-order chi connectivity index (χ0) is 17.0. The van der Waals surface area contributed by atoms with Crippen LogP contribution in [-0.4, -0.2) is 18.4 Å². The molecule has 0 aliphatic carbocycles. The third-order valence-electron chi connectivity index (χ3n) is 3.06. The summed E-state index contributed by atoms with van der Waals surface area (Å²) in [6.45, 7) is 0.628. The molecule has 24 heavy (non-hydrogen) atoms. The van der Waals surface area contributed by atoms with Gasteiger partial charge in [-0.1, -0.05) is 11.6 Å². The van der Waals surface area contributed by atoms with Crippen LogP contribution in [0.15, 0.2) is 59.2 Å². The van der Waals surface area contributed by atoms with Crippen LogP contribution in [0, 0.1) is 0 Å². The van der Waals surface area contributed by atoms with Gasteiger partial charge in [-0.3, -0.25) is 9.71 Å². The number of hydrogen-bond acceptors (Lipinski definition) is 6. The highest BCUT2D eigenvalue weighted by atomic mass is 35.5. The second-order valence-corrected chi connectivity index (χ2v) is 8.43. The monoisotopic (exact) mass is 380 g/mol. The summed E-state index contributed by atoms with van der Waals surface area (Å²) >= 11 is 6.77. The molecule has 3 aromatic rings. The van der Waals surface area contributed by atoms with E-state index < -0.39 is 10.0 Å². The first-order valence-corrected chi connectivity index (χ1v) is 9.58. The van der Waals surface area contributed by atoms with Crippen LogP contribution in [0.3, 0.4) is 0 Å². The predicted octanol–water partition coefficient (Wildman–Crippen LogP) is 3.60. The van der Waals surface area contributed by atoms with Crippen molar-refractivity contribution < 1.29 is 8.42 Å². The molecule has 3 aromatic heterocycles. The van der Waals surface area contributed by atoms with E-state index in [9.17, 15) is 8.42 Å². The molecule has 2 N–H and O–H groups in total. The molecule has 0 amide bonds. The van der Waals surface area contributed by atoms with E-state index in [0.29, 0.717) is 10.9 Å². The summed E-state index contributed by atoms with van der Waals surface area (Å²) in [7, 11) is -3.67. The Kier molecular flexibility index (Phi) is 4.98. The third kappa shape index (κ3) is 4.22. The van der Waals surface area contributed by atoms with Gasteiger partial charge in [0, 0.05) is 18.9 Å². The van der Waals surface area contributed by atoms with Gasteiger partial charge in [-0.15, -0.1) is 11.3 Å². The maximum atomic E-state index is 12.2. The molecule has 0 saturated heterocycles. The first kappa shape index (κ1) is 16.7. The molecule has 9 heteroatoms. The molecule has 0 saturated carbocycles. The number of nitrogens with zero attached hydrogens (tertiary/aromatic N) is 2. The quantitative estimate of drug-likeness (QED) is 0.682. The zero-order valence-corrected chi connectivity index (χ0v) is 14.7. The molecule has 6 nitrogen and oxygen atoms in total. The van der Waals surface area contributed by atoms with Crippen LogP contribution in [0.1, 0.15) is 5.56 Å². The summed E-state index contributed by atoms with van der Waals surface area (Å²) in [5.74, 6) is 0.244. The molecule has 0 aliphatic rings. The Morgan fingerprint density at radius 2 is 1.88 bits per heavy atom. The molecule has 0 unspecified atom stereocenters. The number of thiophene rings is 1. The molecular formula is C15H13ClN4O2S2. The Bertz CT molecular complexity index is 912. The average Bonchev–Trinajstić information content (AvgIpc) is 3.02. The first-order valence-electron chi connectivity index (χ1n) is 6.90. The second-order valence-electron chi connectivity index (χ2n) is 4.81. The van der Waals surface area contributed by atoms with Crippen molar-refractivity contribution in [2.45, 2.75) is 10.8 Å². The van der Waals surface area contributed by atoms with Crippen molar-refractivity contribution in [3.8, 4) is 0 Å². The van der Waals surface area contributed by atoms with Gasteiger partial charge in [0.2, 0.25) is 0 Å². The van der Waals surface area contributed by atoms with Gasteiger partial charge < -0.3 is 5.32 Å². The van der Waals surface area contributed by atoms with E-state index in [1.54, 1.807) is 36.8 Å². The standard InChI is InChI=1S/C15H13ClN4O2S2/c16-13-2-4-15(23-13)24(21,22)20-14-3-1-12(10-19-14)18-9-11-5-7-17-8-6-11/h1-8,10,18H,9H2,(H,19,20). The van der Waals surface area contributed by atoms with Crippen LogP contribution < -0.4 is 10.0 Å². The first-order chi connectivity index (χ1) is 11.5. The molecule has 0 fully saturated rings. The van der Waals surface area contributed by atoms with Crippen LogP contribution >= 0.6 is 22.9 Å². The number of halogens is 1. The van der Waals surface area contributed by atoms with Gasteiger partial charge >= 0.3 is 0 Å². The van der Waals surface area contributed by atoms with E-state index in [-0.39, 0.29) is 10.0 Å². The smallest absolute Gasteiger partial charge is 0.272 e. The van der Waals surface area contributed by atoms with Crippen molar-refractivity contribution in [3.63, 3.8) is 0 Å². The molecule has 0 atom stereocenters. The molecule has 3 rings (SSSR count). The maximum Gasteiger partial charge on any atom is 0.272 e. The lowest BCUT2D eigenvalue weighted by Gasteiger charge is -2.08. The van der Waals surface area contributed by atoms with E-state index in [4.69, 9.17) is 11.6 Å². The number of rotatable bonds is 6. The molecule has 0 spiro atoms. The SMILES string of the molecule is O=S(=O)(Nc1ccc(NCc2ccncc2)cn1)c1ccc(Cl)s1. The Morgan fingerprint density at radius 3 is 2.50 bits per heavy atom. The van der Waals surface area contributed by atoms with E-state index in [1.165, 1.54) is 6.07 Å². The Labute approximate surface area is 148 Å². The van der Waals surface area contributed by atoms with E-state index in [1.807, 2.05) is 12.1 Å². The fraction of sp³-hybridized carbons (Fsp3) is 0.0667. The van der Waals surface area contributed by atoms with Crippen molar-refractivity contribution in [2.75, 3.05) is 10.0 Å². The normalized spacial score (nSPS) is 11.2. The van der Waals surface area contributed by atoms with Crippen LogP contribution in [0.2, 0.25) is 4.34 Å². The van der Waals surface area contributed by atoms with E-state index >= 15 is 0 Å². The van der Waals surface area contributed by atoms with Crippen LogP contribution in [0.5, 0.6) is 0 Å². The predicted molar refractivity (Wildman–Crippen MR) is 95.9 cm³/mol. The van der Waals surface area contributed by atoms with Gasteiger partial charge in [-0.2, -0.15) is 0 Å². The van der Waals surface area contributed by atoms with Gasteiger partial charge in [0.25, 0.3) is 10.0 Å². The number of aromatic nitrogens is 2. The minimum absolute atomic E-state index is 0.147. The fourth-order valence-electron chi connectivity index (χ4n) is 1.89. The lowest BCUT2D eigenvalue weighted by molar-refractivity contribution is 0.603.